The monoisotopic (exact) mass is 437 g/mol. The van der Waals surface area contributed by atoms with E-state index in [0.29, 0.717) is 31.1 Å². The van der Waals surface area contributed by atoms with Crippen molar-refractivity contribution in [3.63, 3.8) is 0 Å². The Balaban J connectivity index is 1.34. The summed E-state index contributed by atoms with van der Waals surface area (Å²) in [5, 5.41) is 5.60. The largest absolute Gasteiger partial charge is 0.490 e. The molecule has 0 aromatic heterocycles. The Morgan fingerprint density at radius 1 is 1.23 bits per heavy atom. The average Bonchev–Trinajstić information content (AvgIpc) is 3.52. The number of hydrogen-bond donors (Lipinski definition) is 3. The molecular formula is C22H32FN3O3S. The summed E-state index contributed by atoms with van der Waals surface area (Å²) in [6.07, 6.45) is 6.23. The lowest BCUT2D eigenvalue weighted by atomic mass is 9.98. The van der Waals surface area contributed by atoms with Crippen LogP contribution >= 0.6 is 11.9 Å². The number of hydrogen-bond acceptors (Lipinski definition) is 6. The molecule has 166 valence electrons. The quantitative estimate of drug-likeness (QED) is 0.264. The van der Waals surface area contributed by atoms with Crippen molar-refractivity contribution in [2.24, 2.45) is 5.92 Å². The van der Waals surface area contributed by atoms with Gasteiger partial charge in [-0.25, -0.2) is 4.39 Å². The summed E-state index contributed by atoms with van der Waals surface area (Å²) >= 11 is 1.49. The van der Waals surface area contributed by atoms with E-state index in [9.17, 15) is 14.0 Å². The van der Waals surface area contributed by atoms with E-state index >= 15 is 0 Å². The van der Waals surface area contributed by atoms with Crippen molar-refractivity contribution in [2.75, 3.05) is 13.2 Å². The highest BCUT2D eigenvalue weighted by molar-refractivity contribution is 7.97. The maximum absolute atomic E-state index is 13.9. The third-order valence-corrected chi connectivity index (χ3v) is 6.52. The van der Waals surface area contributed by atoms with E-state index in [-0.39, 0.29) is 29.2 Å². The fraction of sp³-hybridized carbons (Fsp3) is 0.636. The Hall–Kier alpha value is -1.64. The molecular weight excluding hydrogens is 405 g/mol. The molecule has 0 radical (unpaired) electrons. The molecule has 1 aliphatic carbocycles. The second-order valence-electron chi connectivity index (χ2n) is 8.85. The van der Waals surface area contributed by atoms with Crippen LogP contribution in [0.25, 0.3) is 0 Å². The van der Waals surface area contributed by atoms with Crippen LogP contribution in [-0.4, -0.2) is 36.5 Å². The van der Waals surface area contributed by atoms with Crippen LogP contribution in [0.3, 0.4) is 0 Å². The zero-order valence-electron chi connectivity index (χ0n) is 17.8. The van der Waals surface area contributed by atoms with Gasteiger partial charge in [-0.2, -0.15) is 0 Å². The molecule has 1 saturated heterocycles. The number of piperidine rings is 1. The van der Waals surface area contributed by atoms with Crippen LogP contribution in [-0.2, 0) is 9.59 Å². The van der Waals surface area contributed by atoms with Gasteiger partial charge in [0, 0.05) is 16.9 Å². The number of carbonyl (C=O) groups is 2. The van der Waals surface area contributed by atoms with Crippen LogP contribution in [0.2, 0.25) is 0 Å². The minimum atomic E-state index is -0.317. The van der Waals surface area contributed by atoms with E-state index in [4.69, 9.17) is 4.74 Å². The number of unbranched alkanes of at least 4 members (excludes halogenated alkanes) is 1. The van der Waals surface area contributed by atoms with Gasteiger partial charge in [-0.05, 0) is 88.6 Å². The molecule has 8 heteroatoms. The molecule has 2 fully saturated rings. The fourth-order valence-corrected chi connectivity index (χ4v) is 4.05. The van der Waals surface area contributed by atoms with Crippen LogP contribution in [0, 0.1) is 11.7 Å². The molecule has 1 aromatic carbocycles. The highest BCUT2D eigenvalue weighted by Gasteiger charge is 2.26. The number of rotatable bonds is 12. The molecule has 1 saturated carbocycles. The van der Waals surface area contributed by atoms with Gasteiger partial charge in [0.05, 0.1) is 12.6 Å². The predicted octanol–water partition coefficient (Wildman–Crippen LogP) is 3.55. The van der Waals surface area contributed by atoms with Crippen LogP contribution in [0.4, 0.5) is 4.39 Å². The second kappa shape index (κ2) is 10.6. The summed E-state index contributed by atoms with van der Waals surface area (Å²) in [4.78, 5) is 23.8. The van der Waals surface area contributed by atoms with E-state index in [0.717, 1.165) is 30.7 Å². The van der Waals surface area contributed by atoms with Crippen molar-refractivity contribution in [1.29, 1.82) is 0 Å². The number of benzene rings is 1. The van der Waals surface area contributed by atoms with E-state index < -0.39 is 0 Å². The average molecular weight is 438 g/mol. The summed E-state index contributed by atoms with van der Waals surface area (Å²) in [6, 6.07) is 4.71. The third kappa shape index (κ3) is 7.56. The number of halogens is 1. The maximum Gasteiger partial charge on any atom is 0.243 e. The number of carbonyl (C=O) groups excluding carboxylic acids is 2. The molecule has 1 atom stereocenters. The molecule has 6 nitrogen and oxygen atoms in total. The van der Waals surface area contributed by atoms with Crippen molar-refractivity contribution in [1.82, 2.24) is 15.4 Å². The molecule has 3 N–H and O–H groups in total. The number of ether oxygens (including phenoxy) is 1. The third-order valence-electron chi connectivity index (χ3n) is 5.38. The molecule has 0 bridgehead atoms. The van der Waals surface area contributed by atoms with Crippen LogP contribution in [0.15, 0.2) is 23.1 Å². The predicted molar refractivity (Wildman–Crippen MR) is 116 cm³/mol. The Morgan fingerprint density at radius 3 is 2.77 bits per heavy atom. The maximum atomic E-state index is 13.9. The van der Waals surface area contributed by atoms with Crippen LogP contribution in [0.1, 0.15) is 58.8 Å². The Bertz CT molecular complexity index is 755. The van der Waals surface area contributed by atoms with Crippen molar-refractivity contribution in [2.45, 2.75) is 75.3 Å². The Kier molecular flexibility index (Phi) is 8.13. The van der Waals surface area contributed by atoms with E-state index in [2.05, 4.69) is 29.2 Å². The lowest BCUT2D eigenvalue weighted by Gasteiger charge is -2.26. The molecule has 3 rings (SSSR count). The molecule has 30 heavy (non-hydrogen) atoms. The number of imide groups is 1. The minimum Gasteiger partial charge on any atom is -0.490 e. The van der Waals surface area contributed by atoms with Crippen LogP contribution in [0.5, 0.6) is 5.75 Å². The molecule has 2 amide bonds. The molecule has 1 aromatic rings. The van der Waals surface area contributed by atoms with Crippen molar-refractivity contribution < 1.29 is 18.7 Å². The van der Waals surface area contributed by atoms with Crippen molar-refractivity contribution in [3.05, 3.63) is 24.0 Å². The molecule has 1 heterocycles. The highest BCUT2D eigenvalue weighted by Crippen LogP contribution is 2.32. The summed E-state index contributed by atoms with van der Waals surface area (Å²) in [5.41, 5.74) is -0.0945. The summed E-state index contributed by atoms with van der Waals surface area (Å²) in [5.74, 6) is 0.187. The first-order chi connectivity index (χ1) is 14.3. The van der Waals surface area contributed by atoms with E-state index in [1.807, 2.05) is 0 Å². The van der Waals surface area contributed by atoms with Gasteiger partial charge in [0.15, 0.2) is 11.6 Å². The topological polar surface area (TPSA) is 79.5 Å². The minimum absolute atomic E-state index is 0.0945. The SMILES string of the molecule is CC(C)(CCCCNC1CCC(=O)NC1=O)NSc1ccc(F)c(OCC2CC2)c1. The van der Waals surface area contributed by atoms with Gasteiger partial charge in [-0.3, -0.25) is 19.6 Å². The van der Waals surface area contributed by atoms with Gasteiger partial charge < -0.3 is 10.1 Å². The van der Waals surface area contributed by atoms with Crippen molar-refractivity contribution >= 4 is 23.8 Å². The molecule has 1 aliphatic heterocycles. The summed E-state index contributed by atoms with van der Waals surface area (Å²) in [7, 11) is 0. The molecule has 2 aliphatic rings. The lowest BCUT2D eigenvalue weighted by molar-refractivity contribution is -0.134. The summed E-state index contributed by atoms with van der Waals surface area (Å²) < 4.78 is 23.0. The van der Waals surface area contributed by atoms with E-state index in [1.54, 1.807) is 12.1 Å². The first-order valence-corrected chi connectivity index (χ1v) is 11.6. The van der Waals surface area contributed by atoms with E-state index in [1.165, 1.54) is 30.9 Å². The van der Waals surface area contributed by atoms with Gasteiger partial charge in [-0.1, -0.05) is 6.42 Å². The van der Waals surface area contributed by atoms with Crippen molar-refractivity contribution in [3.8, 4) is 5.75 Å². The summed E-state index contributed by atoms with van der Waals surface area (Å²) in [6.45, 7) is 5.62. The van der Waals surface area contributed by atoms with Crippen LogP contribution < -0.4 is 20.1 Å². The first kappa shape index (κ1) is 23.0. The highest BCUT2D eigenvalue weighted by atomic mass is 32.2. The fourth-order valence-electron chi connectivity index (χ4n) is 3.25. The first-order valence-electron chi connectivity index (χ1n) is 10.8. The van der Waals surface area contributed by atoms with Gasteiger partial charge in [0.2, 0.25) is 11.8 Å². The molecule has 0 spiro atoms. The Labute approximate surface area is 182 Å². The number of nitrogens with one attached hydrogen (secondary N) is 3. The number of amides is 2. The lowest BCUT2D eigenvalue weighted by Crippen LogP contribution is -2.50. The van der Waals surface area contributed by atoms with Gasteiger partial charge in [0.1, 0.15) is 0 Å². The zero-order chi connectivity index (χ0) is 21.6. The standard InChI is InChI=1S/C22H32FN3O3S/c1-22(2,11-3-4-12-24-18-9-10-20(27)25-21(18)28)26-30-16-7-8-17(23)19(13-16)29-14-15-5-6-15/h7-8,13,15,18,24,26H,3-6,9-12,14H2,1-2H3,(H,25,27,28). The van der Waals surface area contributed by atoms with Gasteiger partial charge >= 0.3 is 0 Å². The molecule has 1 unspecified atom stereocenters. The smallest absolute Gasteiger partial charge is 0.243 e. The Morgan fingerprint density at radius 2 is 2.03 bits per heavy atom. The van der Waals surface area contributed by atoms with Gasteiger partial charge in [0.25, 0.3) is 0 Å². The second-order valence-corrected chi connectivity index (χ2v) is 9.73. The van der Waals surface area contributed by atoms with Gasteiger partial charge in [-0.15, -0.1) is 0 Å². The zero-order valence-corrected chi connectivity index (χ0v) is 18.6. The normalized spacial score (nSPS) is 19.6.